The highest BCUT2D eigenvalue weighted by atomic mass is 19.1. The van der Waals surface area contributed by atoms with Crippen LogP contribution in [0.1, 0.15) is 57.3 Å². The van der Waals surface area contributed by atoms with E-state index < -0.39 is 6.04 Å². The van der Waals surface area contributed by atoms with Gasteiger partial charge in [0.05, 0.1) is 17.1 Å². The molecule has 4 rings (SSSR count). The molecule has 1 atom stereocenters. The summed E-state index contributed by atoms with van der Waals surface area (Å²) in [6.07, 6.45) is 4.13. The van der Waals surface area contributed by atoms with Gasteiger partial charge in [0.15, 0.2) is 0 Å². The number of halogens is 1. The van der Waals surface area contributed by atoms with E-state index in [1.54, 1.807) is 21.9 Å². The quantitative estimate of drug-likeness (QED) is 0.481. The average molecular weight is 448 g/mol. The second-order valence-corrected chi connectivity index (χ2v) is 8.73. The van der Waals surface area contributed by atoms with E-state index in [9.17, 15) is 14.0 Å². The maximum Gasteiger partial charge on any atom is 0.247 e. The zero-order chi connectivity index (χ0) is 23.5. The van der Waals surface area contributed by atoms with Crippen LogP contribution in [0, 0.1) is 5.82 Å². The summed E-state index contributed by atoms with van der Waals surface area (Å²) in [4.78, 5) is 30.2. The Morgan fingerprint density at radius 3 is 2.36 bits per heavy atom. The molecule has 0 aliphatic carbocycles. The van der Waals surface area contributed by atoms with E-state index >= 15 is 0 Å². The molecular weight excluding hydrogens is 417 g/mol. The summed E-state index contributed by atoms with van der Waals surface area (Å²) >= 11 is 0. The number of benzene rings is 2. The van der Waals surface area contributed by atoms with Crippen molar-refractivity contribution in [3.63, 3.8) is 0 Å². The lowest BCUT2D eigenvalue weighted by Crippen LogP contribution is -2.48. The highest BCUT2D eigenvalue weighted by molar-refractivity contribution is 6.00. The van der Waals surface area contributed by atoms with Gasteiger partial charge in [0.25, 0.3) is 0 Å². The van der Waals surface area contributed by atoms with E-state index in [0.717, 1.165) is 35.5 Å². The number of unbranched alkanes of at least 4 members (excludes halogenated alkanes) is 1. The van der Waals surface area contributed by atoms with Gasteiger partial charge in [-0.25, -0.2) is 4.39 Å². The molecule has 0 spiro atoms. The molecule has 1 aromatic heterocycles. The van der Waals surface area contributed by atoms with E-state index in [-0.39, 0.29) is 30.2 Å². The third-order valence-electron chi connectivity index (χ3n) is 6.17. The lowest BCUT2D eigenvalue weighted by molar-refractivity contribution is -0.137. The number of carbonyl (C=O) groups is 2. The molecule has 0 saturated heterocycles. The summed E-state index contributed by atoms with van der Waals surface area (Å²) in [5.41, 5.74) is 3.40. The summed E-state index contributed by atoms with van der Waals surface area (Å²) in [6, 6.07) is 17.4. The van der Waals surface area contributed by atoms with Crippen molar-refractivity contribution < 1.29 is 14.0 Å². The van der Waals surface area contributed by atoms with Gasteiger partial charge < -0.3 is 9.47 Å². The SMILES string of the molecule is CCCCC(=O)N(CC(=O)N1c2ccccc2-n2cccc2C1c1ccc(F)cc1)C(C)C. The van der Waals surface area contributed by atoms with E-state index in [1.807, 2.05) is 63.4 Å². The Morgan fingerprint density at radius 1 is 1.00 bits per heavy atom. The fourth-order valence-electron chi connectivity index (χ4n) is 4.47. The van der Waals surface area contributed by atoms with Crippen molar-refractivity contribution in [2.24, 2.45) is 0 Å². The van der Waals surface area contributed by atoms with E-state index in [0.29, 0.717) is 6.42 Å². The molecule has 6 heteroatoms. The van der Waals surface area contributed by atoms with Crippen molar-refractivity contribution in [1.82, 2.24) is 9.47 Å². The number of anilines is 1. The lowest BCUT2D eigenvalue weighted by Gasteiger charge is -2.40. The Balaban J connectivity index is 1.77. The van der Waals surface area contributed by atoms with Crippen molar-refractivity contribution in [2.45, 2.75) is 52.1 Å². The van der Waals surface area contributed by atoms with Crippen LogP contribution >= 0.6 is 0 Å². The van der Waals surface area contributed by atoms with Gasteiger partial charge in [0, 0.05) is 18.7 Å². The van der Waals surface area contributed by atoms with Gasteiger partial charge in [0.1, 0.15) is 18.4 Å². The van der Waals surface area contributed by atoms with Crippen molar-refractivity contribution in [3.8, 4) is 5.69 Å². The number of nitrogens with zero attached hydrogens (tertiary/aromatic N) is 3. The highest BCUT2D eigenvalue weighted by Crippen LogP contribution is 2.42. The van der Waals surface area contributed by atoms with Gasteiger partial charge in [-0.3, -0.25) is 14.5 Å². The van der Waals surface area contributed by atoms with Gasteiger partial charge in [0.2, 0.25) is 11.8 Å². The number of hydrogen-bond donors (Lipinski definition) is 0. The number of carbonyl (C=O) groups excluding carboxylic acids is 2. The predicted octanol–water partition coefficient (Wildman–Crippen LogP) is 5.48. The van der Waals surface area contributed by atoms with Crippen LogP contribution in [0.2, 0.25) is 0 Å². The molecule has 1 aliphatic rings. The standard InChI is InChI=1S/C27H30FN3O2/c1-4-5-12-25(32)30(19(2)3)18-26(33)31-23-10-7-6-9-22(23)29-17-8-11-24(29)27(31)20-13-15-21(28)16-14-20/h6-11,13-17,19,27H,4-5,12,18H2,1-3H3. The van der Waals surface area contributed by atoms with Crippen molar-refractivity contribution in [1.29, 1.82) is 0 Å². The monoisotopic (exact) mass is 447 g/mol. The largest absolute Gasteiger partial charge is 0.331 e. The molecule has 2 amide bonds. The first-order chi connectivity index (χ1) is 15.9. The normalized spacial score (nSPS) is 14.7. The molecule has 0 N–H and O–H groups in total. The van der Waals surface area contributed by atoms with Gasteiger partial charge in [-0.2, -0.15) is 0 Å². The van der Waals surface area contributed by atoms with Crippen LogP contribution in [0.4, 0.5) is 10.1 Å². The molecule has 172 valence electrons. The molecule has 0 fully saturated rings. The van der Waals surface area contributed by atoms with Crippen LogP contribution < -0.4 is 4.90 Å². The molecule has 0 saturated carbocycles. The minimum Gasteiger partial charge on any atom is -0.331 e. The zero-order valence-corrected chi connectivity index (χ0v) is 19.4. The summed E-state index contributed by atoms with van der Waals surface area (Å²) < 4.78 is 15.8. The number of amides is 2. The fourth-order valence-corrected chi connectivity index (χ4v) is 4.47. The Bertz CT molecular complexity index is 1140. The first kappa shape index (κ1) is 22.8. The Morgan fingerprint density at radius 2 is 1.70 bits per heavy atom. The summed E-state index contributed by atoms with van der Waals surface area (Å²) in [6.45, 7) is 5.91. The maximum absolute atomic E-state index is 13.9. The minimum atomic E-state index is -0.428. The van der Waals surface area contributed by atoms with Crippen LogP contribution in [0.15, 0.2) is 66.9 Å². The van der Waals surface area contributed by atoms with Gasteiger partial charge in [-0.15, -0.1) is 0 Å². The predicted molar refractivity (Wildman–Crippen MR) is 128 cm³/mol. The smallest absolute Gasteiger partial charge is 0.247 e. The topological polar surface area (TPSA) is 45.6 Å². The number of para-hydroxylation sites is 2. The van der Waals surface area contributed by atoms with Gasteiger partial charge in [-0.1, -0.05) is 37.6 Å². The third-order valence-corrected chi connectivity index (χ3v) is 6.17. The second kappa shape index (κ2) is 9.61. The second-order valence-electron chi connectivity index (χ2n) is 8.73. The van der Waals surface area contributed by atoms with Gasteiger partial charge in [-0.05, 0) is 62.2 Å². The van der Waals surface area contributed by atoms with Crippen molar-refractivity contribution in [2.75, 3.05) is 11.4 Å². The van der Waals surface area contributed by atoms with Crippen molar-refractivity contribution in [3.05, 3.63) is 83.9 Å². The Labute approximate surface area is 194 Å². The molecule has 5 nitrogen and oxygen atoms in total. The number of fused-ring (bicyclic) bond motifs is 3. The van der Waals surface area contributed by atoms with Crippen LogP contribution in [0.25, 0.3) is 5.69 Å². The number of aromatic nitrogens is 1. The van der Waals surface area contributed by atoms with Gasteiger partial charge >= 0.3 is 0 Å². The Hall–Kier alpha value is -3.41. The average Bonchev–Trinajstić information content (AvgIpc) is 3.30. The molecule has 0 radical (unpaired) electrons. The van der Waals surface area contributed by atoms with E-state index in [2.05, 4.69) is 4.57 Å². The van der Waals surface area contributed by atoms with Crippen molar-refractivity contribution >= 4 is 17.5 Å². The van der Waals surface area contributed by atoms with Crippen LogP contribution in [-0.4, -0.2) is 33.9 Å². The summed E-state index contributed by atoms with van der Waals surface area (Å²) in [5.74, 6) is -0.495. The van der Waals surface area contributed by atoms with Crippen LogP contribution in [0.3, 0.4) is 0 Å². The number of rotatable bonds is 7. The van der Waals surface area contributed by atoms with Crippen LogP contribution in [0.5, 0.6) is 0 Å². The fraction of sp³-hybridized carbons (Fsp3) is 0.333. The minimum absolute atomic E-state index is 0.00699. The zero-order valence-electron chi connectivity index (χ0n) is 19.4. The first-order valence-corrected chi connectivity index (χ1v) is 11.6. The van der Waals surface area contributed by atoms with E-state index in [4.69, 9.17) is 0 Å². The summed E-state index contributed by atoms with van der Waals surface area (Å²) in [5, 5.41) is 0. The third kappa shape index (κ3) is 4.42. The summed E-state index contributed by atoms with van der Waals surface area (Å²) in [7, 11) is 0. The first-order valence-electron chi connectivity index (χ1n) is 11.6. The molecule has 0 bridgehead atoms. The van der Waals surface area contributed by atoms with E-state index in [1.165, 1.54) is 12.1 Å². The Kier molecular flexibility index (Phi) is 6.63. The molecule has 2 aromatic carbocycles. The molecule has 3 aromatic rings. The molecule has 1 aliphatic heterocycles. The van der Waals surface area contributed by atoms with Crippen LogP contribution in [-0.2, 0) is 9.59 Å². The number of hydrogen-bond acceptors (Lipinski definition) is 2. The molecular formula is C27H30FN3O2. The molecule has 33 heavy (non-hydrogen) atoms. The molecule has 1 unspecified atom stereocenters. The lowest BCUT2D eigenvalue weighted by atomic mass is 9.97. The maximum atomic E-state index is 13.9. The molecule has 2 heterocycles. The highest BCUT2D eigenvalue weighted by Gasteiger charge is 2.37.